The summed E-state index contributed by atoms with van der Waals surface area (Å²) in [4.78, 5) is 0.307. The van der Waals surface area contributed by atoms with Crippen molar-refractivity contribution in [1.82, 2.24) is 8.61 Å². The molecule has 0 saturated carbocycles. The maximum atomic E-state index is 13.4. The van der Waals surface area contributed by atoms with Crippen LogP contribution in [0.25, 0.3) is 0 Å². The van der Waals surface area contributed by atoms with Crippen molar-refractivity contribution >= 4 is 43.2 Å². The maximum absolute atomic E-state index is 13.4. The van der Waals surface area contributed by atoms with Crippen molar-refractivity contribution in [2.24, 2.45) is 0 Å². The fourth-order valence-electron chi connectivity index (χ4n) is 3.63. The quantitative estimate of drug-likeness (QED) is 0.563. The monoisotopic (exact) mass is 504 g/mol. The predicted octanol–water partition coefficient (Wildman–Crippen LogP) is 3.60. The molecule has 0 bridgehead atoms. The summed E-state index contributed by atoms with van der Waals surface area (Å²) in [6.45, 7) is 3.82. The highest BCUT2D eigenvalue weighted by Gasteiger charge is 2.41. The van der Waals surface area contributed by atoms with Gasteiger partial charge in [-0.2, -0.15) is 8.61 Å². The largest absolute Gasteiger partial charge is 0.243 e. The van der Waals surface area contributed by atoms with E-state index in [1.54, 1.807) is 48.5 Å². The molecule has 0 aromatic heterocycles. The van der Waals surface area contributed by atoms with Gasteiger partial charge in [-0.25, -0.2) is 16.8 Å². The third-order valence-electron chi connectivity index (χ3n) is 5.50. The van der Waals surface area contributed by atoms with Crippen molar-refractivity contribution in [1.29, 1.82) is 0 Å². The second kappa shape index (κ2) is 9.77. The second-order valence-electron chi connectivity index (χ2n) is 7.72. The van der Waals surface area contributed by atoms with Gasteiger partial charge in [0, 0.05) is 30.9 Å². The molecule has 10 heteroatoms. The van der Waals surface area contributed by atoms with Crippen molar-refractivity contribution in [3.05, 3.63) is 59.7 Å². The lowest BCUT2D eigenvalue weighted by atomic mass is 10.2. The zero-order chi connectivity index (χ0) is 22.8. The Kier molecular flexibility index (Phi) is 7.71. The summed E-state index contributed by atoms with van der Waals surface area (Å²) in [6.07, 6.45) is 0.271. The third-order valence-corrected chi connectivity index (χ3v) is 10.1. The van der Waals surface area contributed by atoms with E-state index in [-0.39, 0.29) is 41.1 Å². The van der Waals surface area contributed by atoms with E-state index in [0.717, 1.165) is 11.1 Å². The van der Waals surface area contributed by atoms with Gasteiger partial charge in [0.25, 0.3) is 0 Å². The smallest absolute Gasteiger partial charge is 0.207 e. The average Bonchev–Trinajstić information content (AvgIpc) is 2.94. The SMILES string of the molecule is Cc1ccc(S(=O)(=O)N2CC[C@@H](CCl)N(S(=O)(=O)c3ccc(C)cc3)C[C@@H]2CCl)cc1. The average molecular weight is 505 g/mol. The van der Waals surface area contributed by atoms with Gasteiger partial charge >= 0.3 is 0 Å². The molecule has 0 amide bonds. The summed E-state index contributed by atoms with van der Waals surface area (Å²) >= 11 is 12.3. The molecular formula is C21H26Cl2N2O4S2. The molecule has 2 aromatic carbocycles. The van der Waals surface area contributed by atoms with Crippen LogP contribution >= 0.6 is 23.2 Å². The minimum Gasteiger partial charge on any atom is -0.207 e. The van der Waals surface area contributed by atoms with E-state index in [0.29, 0.717) is 0 Å². The summed E-state index contributed by atoms with van der Waals surface area (Å²) in [5.41, 5.74) is 1.89. The summed E-state index contributed by atoms with van der Waals surface area (Å²) in [7, 11) is -7.73. The van der Waals surface area contributed by atoms with E-state index in [2.05, 4.69) is 0 Å². The molecule has 0 unspecified atom stereocenters. The Morgan fingerprint density at radius 2 is 1.16 bits per heavy atom. The first-order chi connectivity index (χ1) is 14.6. The minimum atomic E-state index is -3.88. The number of alkyl halides is 2. The standard InChI is InChI=1S/C21H26Cl2N2O4S2/c1-16-3-7-20(8-4-16)30(26,27)24-12-11-18(13-22)25(15-19(24)14-23)31(28,29)21-9-5-17(2)6-10-21/h3-10,18-19H,11-15H2,1-2H3/t18-,19-/m0/s1. The Morgan fingerprint density at radius 1 is 0.742 bits per heavy atom. The van der Waals surface area contributed by atoms with Crippen LogP contribution < -0.4 is 0 Å². The molecule has 1 aliphatic rings. The summed E-state index contributed by atoms with van der Waals surface area (Å²) in [5, 5.41) is 0. The molecule has 1 heterocycles. The Bertz CT molecular complexity index is 1110. The van der Waals surface area contributed by atoms with Crippen LogP contribution in [0.1, 0.15) is 17.5 Å². The van der Waals surface area contributed by atoms with E-state index in [1.165, 1.54) is 8.61 Å². The molecule has 1 aliphatic heterocycles. The highest BCUT2D eigenvalue weighted by molar-refractivity contribution is 7.89. The molecular weight excluding hydrogens is 479 g/mol. The lowest BCUT2D eigenvalue weighted by Gasteiger charge is -2.31. The molecule has 0 N–H and O–H groups in total. The molecule has 0 aliphatic carbocycles. The van der Waals surface area contributed by atoms with Crippen LogP contribution in [0.15, 0.2) is 58.3 Å². The molecule has 1 saturated heterocycles. The van der Waals surface area contributed by atoms with Gasteiger partial charge < -0.3 is 0 Å². The van der Waals surface area contributed by atoms with Gasteiger partial charge in [-0.05, 0) is 44.5 Å². The number of hydrogen-bond donors (Lipinski definition) is 0. The number of rotatable bonds is 6. The van der Waals surface area contributed by atoms with E-state index >= 15 is 0 Å². The summed E-state index contributed by atoms with van der Waals surface area (Å²) in [6, 6.07) is 11.9. The van der Waals surface area contributed by atoms with Crippen molar-refractivity contribution in [3.8, 4) is 0 Å². The number of sulfonamides is 2. The highest BCUT2D eigenvalue weighted by Crippen LogP contribution is 2.29. The van der Waals surface area contributed by atoms with Crippen LogP contribution in [0.4, 0.5) is 0 Å². The van der Waals surface area contributed by atoms with E-state index in [9.17, 15) is 16.8 Å². The number of halogens is 2. The molecule has 0 spiro atoms. The molecule has 1 fully saturated rings. The van der Waals surface area contributed by atoms with E-state index in [1.807, 2.05) is 13.8 Å². The van der Waals surface area contributed by atoms with Gasteiger partial charge in [0.1, 0.15) is 0 Å². The second-order valence-corrected chi connectivity index (χ2v) is 12.1. The van der Waals surface area contributed by atoms with E-state index < -0.39 is 32.1 Å². The molecule has 0 radical (unpaired) electrons. The van der Waals surface area contributed by atoms with Gasteiger partial charge in [0.15, 0.2) is 0 Å². The van der Waals surface area contributed by atoms with Crippen LogP contribution in [0.5, 0.6) is 0 Å². The van der Waals surface area contributed by atoms with Crippen LogP contribution in [0.3, 0.4) is 0 Å². The first-order valence-corrected chi connectivity index (χ1v) is 13.8. The van der Waals surface area contributed by atoms with Gasteiger partial charge in [-0.15, -0.1) is 23.2 Å². The number of benzene rings is 2. The first kappa shape index (κ1) is 24.5. The molecule has 170 valence electrons. The fraction of sp³-hybridized carbons (Fsp3) is 0.429. The maximum Gasteiger partial charge on any atom is 0.243 e. The highest BCUT2D eigenvalue weighted by atomic mass is 35.5. The van der Waals surface area contributed by atoms with E-state index in [4.69, 9.17) is 23.2 Å². The van der Waals surface area contributed by atoms with Gasteiger partial charge in [0.2, 0.25) is 20.0 Å². The van der Waals surface area contributed by atoms with Gasteiger partial charge in [-0.3, -0.25) is 0 Å². The Hall–Kier alpha value is -1.16. The zero-order valence-electron chi connectivity index (χ0n) is 17.4. The Labute approximate surface area is 194 Å². The molecule has 6 nitrogen and oxygen atoms in total. The van der Waals surface area contributed by atoms with Crippen molar-refractivity contribution in [2.45, 2.75) is 42.1 Å². The van der Waals surface area contributed by atoms with Gasteiger partial charge in [-0.1, -0.05) is 35.4 Å². The predicted molar refractivity (Wildman–Crippen MR) is 124 cm³/mol. The minimum absolute atomic E-state index is 0.0417. The first-order valence-electron chi connectivity index (χ1n) is 9.90. The normalized spacial score (nSPS) is 21.7. The molecule has 2 atom stereocenters. The lowest BCUT2D eigenvalue weighted by Crippen LogP contribution is -2.48. The molecule has 2 aromatic rings. The van der Waals surface area contributed by atoms with Crippen molar-refractivity contribution in [2.75, 3.05) is 24.8 Å². The van der Waals surface area contributed by atoms with Crippen LogP contribution in [-0.4, -0.2) is 62.4 Å². The zero-order valence-corrected chi connectivity index (χ0v) is 20.6. The van der Waals surface area contributed by atoms with Crippen LogP contribution in [0, 0.1) is 13.8 Å². The topological polar surface area (TPSA) is 74.8 Å². The third kappa shape index (κ3) is 5.10. The lowest BCUT2D eigenvalue weighted by molar-refractivity contribution is 0.311. The fourth-order valence-corrected chi connectivity index (χ4v) is 7.70. The summed E-state index contributed by atoms with van der Waals surface area (Å²) < 4.78 is 56.1. The Morgan fingerprint density at radius 3 is 1.58 bits per heavy atom. The Balaban J connectivity index is 1.99. The molecule has 31 heavy (non-hydrogen) atoms. The number of nitrogens with zero attached hydrogens (tertiary/aromatic N) is 2. The number of aryl methyl sites for hydroxylation is 2. The van der Waals surface area contributed by atoms with Crippen molar-refractivity contribution in [3.63, 3.8) is 0 Å². The van der Waals surface area contributed by atoms with Crippen LogP contribution in [0.2, 0.25) is 0 Å². The van der Waals surface area contributed by atoms with Gasteiger partial charge in [0.05, 0.1) is 15.8 Å². The van der Waals surface area contributed by atoms with Crippen molar-refractivity contribution < 1.29 is 16.8 Å². The molecule has 3 rings (SSSR count). The van der Waals surface area contributed by atoms with Crippen LogP contribution in [-0.2, 0) is 20.0 Å². The number of hydrogen-bond acceptors (Lipinski definition) is 4. The summed E-state index contributed by atoms with van der Waals surface area (Å²) in [5.74, 6) is 0.0124.